The molecule has 1 saturated heterocycles. The van der Waals surface area contributed by atoms with E-state index in [9.17, 15) is 9.18 Å². The second-order valence-electron chi connectivity index (χ2n) is 6.91. The summed E-state index contributed by atoms with van der Waals surface area (Å²) in [5, 5.41) is 9.79. The second-order valence-corrected chi connectivity index (χ2v) is 7.91. The Morgan fingerprint density at radius 1 is 1.27 bits per heavy atom. The zero-order valence-electron chi connectivity index (χ0n) is 16.7. The SMILES string of the molecule is CCOC(=O)c1sc2ncnc(N3CCN(c4ccc(C#N)cc4F)CC3)c2c1C. The maximum absolute atomic E-state index is 14.4. The van der Waals surface area contributed by atoms with Gasteiger partial charge >= 0.3 is 5.97 Å². The minimum atomic E-state index is -0.389. The van der Waals surface area contributed by atoms with Crippen LogP contribution in [0.25, 0.3) is 10.2 Å². The summed E-state index contributed by atoms with van der Waals surface area (Å²) in [6.07, 6.45) is 1.51. The molecule has 1 aromatic carbocycles. The summed E-state index contributed by atoms with van der Waals surface area (Å²) in [6, 6.07) is 6.50. The van der Waals surface area contributed by atoms with E-state index in [2.05, 4.69) is 14.9 Å². The molecular formula is C21H20FN5O2S. The van der Waals surface area contributed by atoms with Crippen molar-refractivity contribution in [3.8, 4) is 6.07 Å². The fourth-order valence-corrected chi connectivity index (χ4v) is 4.71. The van der Waals surface area contributed by atoms with Crippen molar-refractivity contribution in [3.05, 3.63) is 46.3 Å². The highest BCUT2D eigenvalue weighted by atomic mass is 32.1. The summed E-state index contributed by atoms with van der Waals surface area (Å²) in [5.74, 6) is 0.0500. The highest BCUT2D eigenvalue weighted by Crippen LogP contribution is 2.36. The van der Waals surface area contributed by atoms with Gasteiger partial charge in [0.15, 0.2) is 0 Å². The Labute approximate surface area is 177 Å². The molecule has 7 nitrogen and oxygen atoms in total. The number of ether oxygens (including phenoxy) is 1. The van der Waals surface area contributed by atoms with Gasteiger partial charge in [0.25, 0.3) is 0 Å². The van der Waals surface area contributed by atoms with Gasteiger partial charge in [-0.2, -0.15) is 5.26 Å². The number of thiophene rings is 1. The van der Waals surface area contributed by atoms with Gasteiger partial charge in [-0.25, -0.2) is 19.2 Å². The molecule has 0 radical (unpaired) electrons. The van der Waals surface area contributed by atoms with Crippen LogP contribution in [0.5, 0.6) is 0 Å². The van der Waals surface area contributed by atoms with Crippen LogP contribution in [-0.4, -0.2) is 48.7 Å². The van der Waals surface area contributed by atoms with Gasteiger partial charge in [0.05, 0.1) is 29.3 Å². The third kappa shape index (κ3) is 3.55. The molecular weight excluding hydrogens is 405 g/mol. The van der Waals surface area contributed by atoms with Gasteiger partial charge in [0.1, 0.15) is 27.7 Å². The molecule has 30 heavy (non-hydrogen) atoms. The van der Waals surface area contributed by atoms with Crippen LogP contribution in [0.2, 0.25) is 0 Å². The molecule has 0 unspecified atom stereocenters. The van der Waals surface area contributed by atoms with Crippen molar-refractivity contribution in [3.63, 3.8) is 0 Å². The maximum Gasteiger partial charge on any atom is 0.348 e. The first-order chi connectivity index (χ1) is 14.5. The van der Waals surface area contributed by atoms with Crippen LogP contribution in [0.3, 0.4) is 0 Å². The molecule has 9 heteroatoms. The predicted octanol–water partition coefficient (Wildman–Crippen LogP) is 3.51. The molecule has 4 rings (SSSR count). The van der Waals surface area contributed by atoms with Crippen molar-refractivity contribution < 1.29 is 13.9 Å². The number of hydrogen-bond acceptors (Lipinski definition) is 8. The number of benzene rings is 1. The number of aryl methyl sites for hydroxylation is 1. The van der Waals surface area contributed by atoms with Gasteiger partial charge in [0, 0.05) is 26.2 Å². The quantitative estimate of drug-likeness (QED) is 0.592. The number of nitriles is 1. The molecule has 0 N–H and O–H groups in total. The molecule has 1 aliphatic heterocycles. The Kier molecular flexibility index (Phi) is 5.50. The summed E-state index contributed by atoms with van der Waals surface area (Å²) in [6.45, 7) is 6.51. The number of esters is 1. The zero-order valence-corrected chi connectivity index (χ0v) is 17.5. The van der Waals surface area contributed by atoms with Crippen molar-refractivity contribution in [1.82, 2.24) is 9.97 Å². The fraction of sp³-hybridized carbons (Fsp3) is 0.333. The molecule has 0 bridgehead atoms. The number of carbonyl (C=O) groups is 1. The Morgan fingerprint density at radius 3 is 2.67 bits per heavy atom. The number of aromatic nitrogens is 2. The summed E-state index contributed by atoms with van der Waals surface area (Å²) >= 11 is 1.31. The van der Waals surface area contributed by atoms with Crippen molar-refractivity contribution >= 4 is 39.0 Å². The lowest BCUT2D eigenvalue weighted by Gasteiger charge is -2.37. The van der Waals surface area contributed by atoms with E-state index in [1.807, 2.05) is 17.9 Å². The fourth-order valence-electron chi connectivity index (χ4n) is 3.68. The topological polar surface area (TPSA) is 82.3 Å². The third-order valence-corrected chi connectivity index (χ3v) is 6.34. The van der Waals surface area contributed by atoms with Gasteiger partial charge < -0.3 is 14.5 Å². The number of rotatable bonds is 4. The summed E-state index contributed by atoms with van der Waals surface area (Å²) < 4.78 is 19.5. The van der Waals surface area contributed by atoms with Crippen molar-refractivity contribution in [2.45, 2.75) is 13.8 Å². The van der Waals surface area contributed by atoms with E-state index in [0.29, 0.717) is 48.9 Å². The van der Waals surface area contributed by atoms with Crippen LogP contribution in [0, 0.1) is 24.1 Å². The number of hydrogen-bond donors (Lipinski definition) is 0. The van der Waals surface area contributed by atoms with Gasteiger partial charge in [-0.1, -0.05) is 0 Å². The molecule has 0 aliphatic carbocycles. The molecule has 3 heterocycles. The van der Waals surface area contributed by atoms with Gasteiger partial charge in [0.2, 0.25) is 0 Å². The van der Waals surface area contributed by atoms with E-state index in [4.69, 9.17) is 10.00 Å². The number of carbonyl (C=O) groups excluding carboxylic acids is 1. The lowest BCUT2D eigenvalue weighted by molar-refractivity contribution is 0.0531. The molecule has 1 aliphatic rings. The Morgan fingerprint density at radius 2 is 2.00 bits per heavy atom. The first-order valence-corrected chi connectivity index (χ1v) is 10.5. The normalized spacial score (nSPS) is 14.1. The van der Waals surface area contributed by atoms with Crippen LogP contribution in [0.15, 0.2) is 24.5 Å². The lowest BCUT2D eigenvalue weighted by Crippen LogP contribution is -2.47. The van der Waals surface area contributed by atoms with E-state index in [1.54, 1.807) is 19.1 Å². The third-order valence-electron chi connectivity index (χ3n) is 5.16. The molecule has 0 amide bonds. The van der Waals surface area contributed by atoms with E-state index >= 15 is 0 Å². The predicted molar refractivity (Wildman–Crippen MR) is 114 cm³/mol. The van der Waals surface area contributed by atoms with E-state index in [0.717, 1.165) is 21.6 Å². The minimum absolute atomic E-state index is 0.309. The van der Waals surface area contributed by atoms with Crippen LogP contribution in [-0.2, 0) is 4.74 Å². The van der Waals surface area contributed by atoms with E-state index < -0.39 is 0 Å². The molecule has 0 atom stereocenters. The summed E-state index contributed by atoms with van der Waals surface area (Å²) in [7, 11) is 0. The second kappa shape index (κ2) is 8.24. The number of fused-ring (bicyclic) bond motifs is 1. The molecule has 2 aromatic heterocycles. The summed E-state index contributed by atoms with van der Waals surface area (Å²) in [5.41, 5.74) is 1.63. The van der Waals surface area contributed by atoms with Gasteiger partial charge in [-0.15, -0.1) is 11.3 Å². The van der Waals surface area contributed by atoms with E-state index in [-0.39, 0.29) is 11.8 Å². The molecule has 3 aromatic rings. The zero-order chi connectivity index (χ0) is 21.3. The average Bonchev–Trinajstić information content (AvgIpc) is 3.11. The van der Waals surface area contributed by atoms with Crippen molar-refractivity contribution in [1.29, 1.82) is 5.26 Å². The summed E-state index contributed by atoms with van der Waals surface area (Å²) in [4.78, 5) is 26.5. The Bertz CT molecular complexity index is 1150. The number of nitrogens with zero attached hydrogens (tertiary/aromatic N) is 5. The molecule has 0 saturated carbocycles. The highest BCUT2D eigenvalue weighted by Gasteiger charge is 2.25. The van der Waals surface area contributed by atoms with Gasteiger partial charge in [-0.05, 0) is 37.6 Å². The average molecular weight is 425 g/mol. The standard InChI is InChI=1S/C21H20FN5O2S/c1-3-29-21(28)18-13(2)17-19(24-12-25-20(17)30-18)27-8-6-26(7-9-27)16-5-4-14(11-23)10-15(16)22/h4-5,10,12H,3,6-9H2,1-2H3. The smallest absolute Gasteiger partial charge is 0.348 e. The van der Waals surface area contributed by atoms with Crippen molar-refractivity contribution in [2.24, 2.45) is 0 Å². The first-order valence-electron chi connectivity index (χ1n) is 9.64. The first kappa shape index (κ1) is 20.0. The lowest BCUT2D eigenvalue weighted by atomic mass is 10.1. The minimum Gasteiger partial charge on any atom is -0.462 e. The number of halogens is 1. The monoisotopic (exact) mass is 425 g/mol. The Balaban J connectivity index is 1.58. The maximum atomic E-state index is 14.4. The Hall–Kier alpha value is -3.25. The van der Waals surface area contributed by atoms with Crippen LogP contribution < -0.4 is 9.80 Å². The van der Waals surface area contributed by atoms with Crippen molar-refractivity contribution in [2.75, 3.05) is 42.6 Å². The molecule has 154 valence electrons. The largest absolute Gasteiger partial charge is 0.462 e. The van der Waals surface area contributed by atoms with Crippen LogP contribution >= 0.6 is 11.3 Å². The molecule has 0 spiro atoms. The van der Waals surface area contributed by atoms with Gasteiger partial charge in [-0.3, -0.25) is 0 Å². The van der Waals surface area contributed by atoms with Crippen LogP contribution in [0.1, 0.15) is 27.7 Å². The van der Waals surface area contributed by atoms with Crippen LogP contribution in [0.4, 0.5) is 15.9 Å². The highest BCUT2D eigenvalue weighted by molar-refractivity contribution is 7.20. The number of piperazine rings is 1. The number of anilines is 2. The van der Waals surface area contributed by atoms with E-state index in [1.165, 1.54) is 23.7 Å². The molecule has 1 fully saturated rings.